The molecule has 0 spiro atoms. The van der Waals surface area contributed by atoms with Gasteiger partial charge in [0.2, 0.25) is 11.9 Å². The van der Waals surface area contributed by atoms with Crippen molar-refractivity contribution in [2.24, 2.45) is 4.99 Å². The Balaban J connectivity index is 2.28. The van der Waals surface area contributed by atoms with Gasteiger partial charge in [0.25, 0.3) is 0 Å². The number of hydrogen-bond donors (Lipinski definition) is 0. The summed E-state index contributed by atoms with van der Waals surface area (Å²) in [5.74, 6) is -0.0170. The minimum absolute atomic E-state index is 0.0170. The summed E-state index contributed by atoms with van der Waals surface area (Å²) in [5, 5.41) is 1.86. The number of isocyanates is 1. The van der Waals surface area contributed by atoms with Crippen LogP contribution in [0, 0.1) is 0 Å². The van der Waals surface area contributed by atoms with E-state index in [0.717, 1.165) is 0 Å². The highest BCUT2D eigenvalue weighted by Gasteiger charge is 2.09. The Hall–Kier alpha value is -2.03. The van der Waals surface area contributed by atoms with Crippen LogP contribution in [0.5, 0.6) is 0 Å². The van der Waals surface area contributed by atoms with Crippen LogP contribution in [-0.4, -0.2) is 11.9 Å². The third-order valence-corrected chi connectivity index (χ3v) is 2.92. The van der Waals surface area contributed by atoms with Crippen LogP contribution < -0.4 is 0 Å². The SMILES string of the molecule is O=C=Nc1ccc(C(=O)c2cccs2)cc1. The van der Waals surface area contributed by atoms with E-state index in [9.17, 15) is 9.59 Å². The van der Waals surface area contributed by atoms with Gasteiger partial charge in [0.15, 0.2) is 0 Å². The quantitative estimate of drug-likeness (QED) is 0.461. The summed E-state index contributed by atoms with van der Waals surface area (Å²) in [6.07, 6.45) is 1.45. The van der Waals surface area contributed by atoms with Crippen LogP contribution in [0.1, 0.15) is 15.2 Å². The van der Waals surface area contributed by atoms with Gasteiger partial charge >= 0.3 is 0 Å². The van der Waals surface area contributed by atoms with Gasteiger partial charge in [-0.25, -0.2) is 4.79 Å². The number of ketones is 1. The molecule has 78 valence electrons. The summed E-state index contributed by atoms with van der Waals surface area (Å²) in [4.78, 5) is 26.1. The van der Waals surface area contributed by atoms with Gasteiger partial charge < -0.3 is 0 Å². The molecule has 0 saturated carbocycles. The molecule has 0 atom stereocenters. The molecule has 0 N–H and O–H groups in total. The monoisotopic (exact) mass is 229 g/mol. The van der Waals surface area contributed by atoms with Crippen molar-refractivity contribution in [1.82, 2.24) is 0 Å². The Kier molecular flexibility index (Phi) is 3.05. The van der Waals surface area contributed by atoms with Gasteiger partial charge in [0.1, 0.15) is 0 Å². The van der Waals surface area contributed by atoms with Gasteiger partial charge in [0, 0.05) is 5.56 Å². The van der Waals surface area contributed by atoms with E-state index in [1.165, 1.54) is 17.4 Å². The summed E-state index contributed by atoms with van der Waals surface area (Å²) in [5.41, 5.74) is 1.09. The fourth-order valence-electron chi connectivity index (χ4n) is 1.29. The first-order valence-corrected chi connectivity index (χ1v) is 5.45. The summed E-state index contributed by atoms with van der Waals surface area (Å²) >= 11 is 1.40. The third-order valence-electron chi connectivity index (χ3n) is 2.05. The Bertz CT molecular complexity index is 537. The molecule has 1 aromatic heterocycles. The number of aliphatic imine (C=N–C) groups is 1. The first kappa shape index (κ1) is 10.5. The van der Waals surface area contributed by atoms with E-state index in [-0.39, 0.29) is 5.78 Å². The van der Waals surface area contributed by atoms with Gasteiger partial charge in [-0.15, -0.1) is 11.3 Å². The molecule has 0 aliphatic rings. The molecule has 1 heterocycles. The zero-order valence-corrected chi connectivity index (χ0v) is 9.03. The van der Waals surface area contributed by atoms with Gasteiger partial charge in [-0.1, -0.05) is 6.07 Å². The fraction of sp³-hybridized carbons (Fsp3) is 0. The van der Waals surface area contributed by atoms with Crippen LogP contribution in [0.15, 0.2) is 46.8 Å². The second kappa shape index (κ2) is 4.66. The van der Waals surface area contributed by atoms with E-state index < -0.39 is 0 Å². The maximum Gasteiger partial charge on any atom is 0.240 e. The van der Waals surface area contributed by atoms with Crippen molar-refractivity contribution in [3.8, 4) is 0 Å². The molecule has 16 heavy (non-hydrogen) atoms. The summed E-state index contributed by atoms with van der Waals surface area (Å²) in [6.45, 7) is 0. The lowest BCUT2D eigenvalue weighted by Gasteiger charge is -1.97. The van der Waals surface area contributed by atoms with E-state index in [1.54, 1.807) is 30.3 Å². The maximum absolute atomic E-state index is 11.9. The second-order valence-electron chi connectivity index (χ2n) is 3.06. The van der Waals surface area contributed by atoms with Crippen LogP contribution >= 0.6 is 11.3 Å². The fourth-order valence-corrected chi connectivity index (χ4v) is 1.98. The highest BCUT2D eigenvalue weighted by molar-refractivity contribution is 7.12. The molecule has 0 unspecified atom stereocenters. The molecule has 0 radical (unpaired) electrons. The standard InChI is InChI=1S/C12H7NO2S/c14-8-13-10-5-3-9(4-6-10)12(15)11-2-1-7-16-11/h1-7H. The first-order valence-electron chi connectivity index (χ1n) is 4.57. The van der Waals surface area contributed by atoms with Crippen LogP contribution in [0.25, 0.3) is 0 Å². The minimum atomic E-state index is -0.0170. The number of hydrogen-bond acceptors (Lipinski definition) is 4. The predicted molar refractivity (Wildman–Crippen MR) is 62.0 cm³/mol. The van der Waals surface area contributed by atoms with Crippen molar-refractivity contribution in [2.45, 2.75) is 0 Å². The van der Waals surface area contributed by atoms with Gasteiger partial charge in [0.05, 0.1) is 10.6 Å². The van der Waals surface area contributed by atoms with Gasteiger partial charge in [-0.3, -0.25) is 4.79 Å². The molecule has 0 aliphatic heterocycles. The average Bonchev–Trinajstić information content (AvgIpc) is 2.83. The molecule has 0 amide bonds. The van der Waals surface area contributed by atoms with Crippen molar-refractivity contribution in [3.63, 3.8) is 0 Å². The average molecular weight is 229 g/mol. The predicted octanol–water partition coefficient (Wildman–Crippen LogP) is 2.95. The number of carbonyl (C=O) groups excluding carboxylic acids is 2. The number of carbonyl (C=O) groups is 1. The van der Waals surface area contributed by atoms with Crippen LogP contribution in [0.3, 0.4) is 0 Å². The molecule has 2 rings (SSSR count). The molecule has 0 saturated heterocycles. The highest BCUT2D eigenvalue weighted by Crippen LogP contribution is 2.17. The van der Waals surface area contributed by atoms with Crippen LogP contribution in [0.4, 0.5) is 5.69 Å². The van der Waals surface area contributed by atoms with Crippen molar-refractivity contribution in [3.05, 3.63) is 52.2 Å². The summed E-state index contributed by atoms with van der Waals surface area (Å²) in [7, 11) is 0. The van der Waals surface area contributed by atoms with Crippen LogP contribution in [-0.2, 0) is 4.79 Å². The van der Waals surface area contributed by atoms with Crippen molar-refractivity contribution in [2.75, 3.05) is 0 Å². The lowest BCUT2D eigenvalue weighted by atomic mass is 10.1. The van der Waals surface area contributed by atoms with E-state index >= 15 is 0 Å². The Morgan fingerprint density at radius 2 is 1.94 bits per heavy atom. The van der Waals surface area contributed by atoms with E-state index in [1.807, 2.05) is 11.4 Å². The third kappa shape index (κ3) is 2.14. The number of nitrogens with zero attached hydrogens (tertiary/aromatic N) is 1. The number of benzene rings is 1. The smallest absolute Gasteiger partial charge is 0.240 e. The summed E-state index contributed by atoms with van der Waals surface area (Å²) in [6, 6.07) is 10.2. The largest absolute Gasteiger partial charge is 0.288 e. The first-order chi connectivity index (χ1) is 7.81. The topological polar surface area (TPSA) is 46.5 Å². The maximum atomic E-state index is 11.9. The zero-order valence-electron chi connectivity index (χ0n) is 8.21. The van der Waals surface area contributed by atoms with Crippen molar-refractivity contribution < 1.29 is 9.59 Å². The normalized spacial score (nSPS) is 9.50. The van der Waals surface area contributed by atoms with Crippen molar-refractivity contribution >= 4 is 28.9 Å². The Labute approximate surface area is 96.1 Å². The van der Waals surface area contributed by atoms with Crippen LogP contribution in [0.2, 0.25) is 0 Å². The molecule has 0 fully saturated rings. The number of thiophene rings is 1. The van der Waals surface area contributed by atoms with E-state index in [4.69, 9.17) is 0 Å². The van der Waals surface area contributed by atoms with E-state index in [2.05, 4.69) is 4.99 Å². The van der Waals surface area contributed by atoms with E-state index in [0.29, 0.717) is 16.1 Å². The molecule has 0 aliphatic carbocycles. The Morgan fingerprint density at radius 3 is 2.50 bits per heavy atom. The molecule has 0 bridgehead atoms. The summed E-state index contributed by atoms with van der Waals surface area (Å²) < 4.78 is 0. The van der Waals surface area contributed by atoms with Crippen molar-refractivity contribution in [1.29, 1.82) is 0 Å². The number of rotatable bonds is 3. The molecule has 1 aromatic carbocycles. The Morgan fingerprint density at radius 1 is 1.19 bits per heavy atom. The second-order valence-corrected chi connectivity index (χ2v) is 4.00. The minimum Gasteiger partial charge on any atom is -0.288 e. The molecule has 2 aromatic rings. The van der Waals surface area contributed by atoms with Gasteiger partial charge in [-0.2, -0.15) is 4.99 Å². The zero-order chi connectivity index (χ0) is 11.4. The molecule has 3 nitrogen and oxygen atoms in total. The lowest BCUT2D eigenvalue weighted by molar-refractivity contribution is 0.104. The van der Waals surface area contributed by atoms with Gasteiger partial charge in [-0.05, 0) is 35.7 Å². The molecular formula is C12H7NO2S. The highest BCUT2D eigenvalue weighted by atomic mass is 32.1. The lowest BCUT2D eigenvalue weighted by Crippen LogP contribution is -1.97. The molecular weight excluding hydrogens is 222 g/mol. The molecule has 4 heteroatoms.